The van der Waals surface area contributed by atoms with Gasteiger partial charge in [-0.1, -0.05) is 19.9 Å². The molecule has 0 spiro atoms. The van der Waals surface area contributed by atoms with E-state index in [-0.39, 0.29) is 29.7 Å². The molecule has 0 aliphatic heterocycles. The Morgan fingerprint density at radius 1 is 1.32 bits per heavy atom. The second-order valence-electron chi connectivity index (χ2n) is 4.61. The number of anilines is 1. The van der Waals surface area contributed by atoms with E-state index in [0.29, 0.717) is 0 Å². The number of halogens is 3. The second-order valence-corrected chi connectivity index (χ2v) is 4.61. The summed E-state index contributed by atoms with van der Waals surface area (Å²) in [7, 11) is 0. The smallest absolute Gasteiger partial charge is 0.325 e. The van der Waals surface area contributed by atoms with Crippen LogP contribution in [0.5, 0.6) is 0 Å². The molecule has 0 bridgehead atoms. The number of carbonyl (C=O) groups excluding carboxylic acids is 1. The van der Waals surface area contributed by atoms with Gasteiger partial charge in [-0.2, -0.15) is 13.2 Å². The highest BCUT2D eigenvalue weighted by Gasteiger charge is 2.32. The Morgan fingerprint density at radius 3 is 2.47 bits per heavy atom. The minimum Gasteiger partial charge on any atom is -0.325 e. The van der Waals surface area contributed by atoms with Gasteiger partial charge in [-0.05, 0) is 24.6 Å². The van der Waals surface area contributed by atoms with E-state index < -0.39 is 11.7 Å². The van der Waals surface area contributed by atoms with Gasteiger partial charge < -0.3 is 10.6 Å². The Labute approximate surface area is 110 Å². The van der Waals surface area contributed by atoms with E-state index in [4.69, 9.17) is 0 Å². The Bertz CT molecular complexity index is 456. The van der Waals surface area contributed by atoms with Crippen molar-refractivity contribution in [2.45, 2.75) is 33.0 Å². The Kier molecular flexibility index (Phi) is 4.94. The molecule has 106 valence electrons. The first-order valence-electron chi connectivity index (χ1n) is 5.91. The number of carbonyl (C=O) groups is 1. The van der Waals surface area contributed by atoms with Crippen LogP contribution < -0.4 is 10.6 Å². The SMILES string of the molecule is Cc1ccc(NC(=O)CNC(C)C)cc1C(F)(F)F. The molecule has 1 amide bonds. The van der Waals surface area contributed by atoms with Crippen LogP contribution in [-0.2, 0) is 11.0 Å². The molecule has 0 atom stereocenters. The number of alkyl halides is 3. The first-order valence-corrected chi connectivity index (χ1v) is 5.91. The van der Waals surface area contributed by atoms with Crippen LogP contribution in [0.2, 0.25) is 0 Å². The minimum absolute atomic E-state index is 0.0624. The van der Waals surface area contributed by atoms with Crippen LogP contribution in [0.15, 0.2) is 18.2 Å². The van der Waals surface area contributed by atoms with Crippen LogP contribution >= 0.6 is 0 Å². The largest absolute Gasteiger partial charge is 0.416 e. The average Bonchev–Trinajstić information content (AvgIpc) is 2.27. The molecule has 0 radical (unpaired) electrons. The number of rotatable bonds is 4. The lowest BCUT2D eigenvalue weighted by Gasteiger charge is -2.13. The molecular formula is C13H17F3N2O. The summed E-state index contributed by atoms with van der Waals surface area (Å²) in [6.45, 7) is 5.20. The van der Waals surface area contributed by atoms with Crippen molar-refractivity contribution in [2.24, 2.45) is 0 Å². The Morgan fingerprint density at radius 2 is 1.95 bits per heavy atom. The van der Waals surface area contributed by atoms with Gasteiger partial charge in [0, 0.05) is 11.7 Å². The van der Waals surface area contributed by atoms with Crippen molar-refractivity contribution >= 4 is 11.6 Å². The van der Waals surface area contributed by atoms with Crippen molar-refractivity contribution in [2.75, 3.05) is 11.9 Å². The monoisotopic (exact) mass is 274 g/mol. The molecular weight excluding hydrogens is 257 g/mol. The predicted octanol–water partition coefficient (Wildman–Crippen LogP) is 2.95. The maximum absolute atomic E-state index is 12.7. The number of benzene rings is 1. The van der Waals surface area contributed by atoms with Gasteiger partial charge in [0.05, 0.1) is 12.1 Å². The van der Waals surface area contributed by atoms with Crippen molar-refractivity contribution in [1.29, 1.82) is 0 Å². The number of amides is 1. The van der Waals surface area contributed by atoms with Crippen LogP contribution in [0.1, 0.15) is 25.0 Å². The predicted molar refractivity (Wildman–Crippen MR) is 67.9 cm³/mol. The fourth-order valence-corrected chi connectivity index (χ4v) is 1.51. The standard InChI is InChI=1S/C13H17F3N2O/c1-8(2)17-7-12(19)18-10-5-4-9(3)11(6-10)13(14,15)16/h4-6,8,17H,7H2,1-3H3,(H,18,19). The maximum Gasteiger partial charge on any atom is 0.416 e. The number of nitrogens with one attached hydrogen (secondary N) is 2. The zero-order valence-corrected chi connectivity index (χ0v) is 11.1. The molecule has 0 aliphatic rings. The summed E-state index contributed by atoms with van der Waals surface area (Å²) in [6, 6.07) is 3.88. The van der Waals surface area contributed by atoms with Crippen molar-refractivity contribution in [3.63, 3.8) is 0 Å². The van der Waals surface area contributed by atoms with Gasteiger partial charge in [0.1, 0.15) is 0 Å². The fourth-order valence-electron chi connectivity index (χ4n) is 1.51. The summed E-state index contributed by atoms with van der Waals surface area (Å²) in [5.41, 5.74) is -0.457. The van der Waals surface area contributed by atoms with Crippen LogP contribution in [-0.4, -0.2) is 18.5 Å². The van der Waals surface area contributed by atoms with Gasteiger partial charge >= 0.3 is 6.18 Å². The molecule has 0 saturated heterocycles. The summed E-state index contributed by atoms with van der Waals surface area (Å²) >= 11 is 0. The van der Waals surface area contributed by atoms with Crippen molar-refractivity contribution in [1.82, 2.24) is 5.32 Å². The van der Waals surface area contributed by atoms with E-state index in [2.05, 4.69) is 10.6 Å². The van der Waals surface area contributed by atoms with Gasteiger partial charge in [-0.3, -0.25) is 4.79 Å². The van der Waals surface area contributed by atoms with E-state index in [0.717, 1.165) is 6.07 Å². The molecule has 0 heterocycles. The van der Waals surface area contributed by atoms with Crippen LogP contribution in [0.4, 0.5) is 18.9 Å². The van der Waals surface area contributed by atoms with E-state index in [1.807, 2.05) is 13.8 Å². The minimum atomic E-state index is -4.42. The zero-order chi connectivity index (χ0) is 14.6. The van der Waals surface area contributed by atoms with Gasteiger partial charge in [0.2, 0.25) is 5.91 Å². The molecule has 1 rings (SSSR count). The maximum atomic E-state index is 12.7. The number of hydrogen-bond donors (Lipinski definition) is 2. The summed E-state index contributed by atoms with van der Waals surface area (Å²) in [5, 5.41) is 5.32. The normalized spacial score (nSPS) is 11.7. The third-order valence-corrected chi connectivity index (χ3v) is 2.50. The van der Waals surface area contributed by atoms with E-state index in [9.17, 15) is 18.0 Å². The highest BCUT2D eigenvalue weighted by molar-refractivity contribution is 5.92. The summed E-state index contributed by atoms with van der Waals surface area (Å²) < 4.78 is 38.1. The van der Waals surface area contributed by atoms with Crippen LogP contribution in [0, 0.1) is 6.92 Å². The van der Waals surface area contributed by atoms with Gasteiger partial charge in [-0.25, -0.2) is 0 Å². The van der Waals surface area contributed by atoms with Crippen molar-refractivity contribution < 1.29 is 18.0 Å². The highest BCUT2D eigenvalue weighted by atomic mass is 19.4. The first-order chi connectivity index (χ1) is 8.70. The molecule has 19 heavy (non-hydrogen) atoms. The lowest BCUT2D eigenvalue weighted by Crippen LogP contribution is -2.32. The molecule has 0 aromatic heterocycles. The molecule has 0 saturated carbocycles. The number of hydrogen-bond acceptors (Lipinski definition) is 2. The topological polar surface area (TPSA) is 41.1 Å². The first kappa shape index (κ1) is 15.5. The molecule has 1 aromatic rings. The molecule has 3 nitrogen and oxygen atoms in total. The van der Waals surface area contributed by atoms with Crippen molar-refractivity contribution in [3.05, 3.63) is 29.3 Å². The van der Waals surface area contributed by atoms with Gasteiger partial charge in [0.25, 0.3) is 0 Å². The average molecular weight is 274 g/mol. The molecule has 0 aliphatic carbocycles. The third-order valence-electron chi connectivity index (χ3n) is 2.50. The van der Waals surface area contributed by atoms with Gasteiger partial charge in [0.15, 0.2) is 0 Å². The second kappa shape index (κ2) is 6.06. The van der Waals surface area contributed by atoms with Crippen LogP contribution in [0.25, 0.3) is 0 Å². The zero-order valence-electron chi connectivity index (χ0n) is 11.1. The molecule has 6 heteroatoms. The van der Waals surface area contributed by atoms with E-state index >= 15 is 0 Å². The van der Waals surface area contributed by atoms with Crippen LogP contribution in [0.3, 0.4) is 0 Å². The molecule has 1 aromatic carbocycles. The Balaban J connectivity index is 2.78. The van der Waals surface area contributed by atoms with E-state index in [1.165, 1.54) is 19.1 Å². The molecule has 0 fully saturated rings. The summed E-state index contributed by atoms with van der Waals surface area (Å²) in [6.07, 6.45) is -4.42. The molecule has 2 N–H and O–H groups in total. The van der Waals surface area contributed by atoms with Gasteiger partial charge in [-0.15, -0.1) is 0 Å². The fraction of sp³-hybridized carbons (Fsp3) is 0.462. The quantitative estimate of drug-likeness (QED) is 0.886. The lowest BCUT2D eigenvalue weighted by atomic mass is 10.1. The van der Waals surface area contributed by atoms with E-state index in [1.54, 1.807) is 0 Å². The summed E-state index contributed by atoms with van der Waals surface area (Å²) in [5.74, 6) is -0.370. The molecule has 0 unspecified atom stereocenters. The highest BCUT2D eigenvalue weighted by Crippen LogP contribution is 2.33. The van der Waals surface area contributed by atoms with Crippen molar-refractivity contribution in [3.8, 4) is 0 Å². The lowest BCUT2D eigenvalue weighted by molar-refractivity contribution is -0.138. The number of aryl methyl sites for hydroxylation is 1. The summed E-state index contributed by atoms with van der Waals surface area (Å²) in [4.78, 5) is 11.5. The Hall–Kier alpha value is -1.56. The third kappa shape index (κ3) is 4.90.